The number of carbonyl (C=O) groups is 1. The maximum Gasteiger partial charge on any atom is 0.324 e. The third-order valence-corrected chi connectivity index (χ3v) is 4.20. The molecule has 0 aliphatic carbocycles. The van der Waals surface area contributed by atoms with Gasteiger partial charge in [0.2, 0.25) is 0 Å². The number of carboxylic acid groups (broad SMARTS) is 1. The minimum atomic E-state index is -1.11. The molecule has 3 nitrogen and oxygen atoms in total. The molecule has 0 saturated carbocycles. The van der Waals surface area contributed by atoms with Crippen LogP contribution in [-0.4, -0.2) is 34.6 Å². The Kier molecular flexibility index (Phi) is 4.11. The highest BCUT2D eigenvalue weighted by Gasteiger charge is 2.41. The minimum Gasteiger partial charge on any atom is -0.480 e. The number of hydrogen-bond acceptors (Lipinski definition) is 2. The highest BCUT2D eigenvalue weighted by atomic mass is 35.5. The van der Waals surface area contributed by atoms with E-state index < -0.39 is 17.3 Å². The van der Waals surface area contributed by atoms with Gasteiger partial charge in [0.25, 0.3) is 0 Å². The van der Waals surface area contributed by atoms with E-state index in [4.69, 9.17) is 11.6 Å². The van der Waals surface area contributed by atoms with Crippen molar-refractivity contribution < 1.29 is 14.3 Å². The van der Waals surface area contributed by atoms with Crippen molar-refractivity contribution in [1.82, 2.24) is 4.90 Å². The molecule has 19 heavy (non-hydrogen) atoms. The van der Waals surface area contributed by atoms with Crippen LogP contribution in [0.3, 0.4) is 0 Å². The summed E-state index contributed by atoms with van der Waals surface area (Å²) >= 11 is 6.00. The summed E-state index contributed by atoms with van der Waals surface area (Å²) in [7, 11) is 0. The van der Waals surface area contributed by atoms with Crippen LogP contribution in [0.5, 0.6) is 0 Å². The Balaban J connectivity index is 2.33. The number of carboxylic acids is 1. The lowest BCUT2D eigenvalue weighted by atomic mass is 9.91. The normalized spacial score (nSPS) is 19.3. The maximum absolute atomic E-state index is 13.8. The first-order valence-electron chi connectivity index (χ1n) is 6.36. The van der Waals surface area contributed by atoms with Crippen LogP contribution in [0, 0.1) is 5.82 Å². The van der Waals surface area contributed by atoms with E-state index in [-0.39, 0.29) is 17.0 Å². The van der Waals surface area contributed by atoms with Gasteiger partial charge in [-0.3, -0.25) is 9.69 Å². The molecule has 1 aromatic rings. The molecule has 0 radical (unpaired) electrons. The highest BCUT2D eigenvalue weighted by molar-refractivity contribution is 6.31. The van der Waals surface area contributed by atoms with E-state index in [1.54, 1.807) is 13.0 Å². The molecule has 1 heterocycles. The van der Waals surface area contributed by atoms with Gasteiger partial charge < -0.3 is 5.11 Å². The van der Waals surface area contributed by atoms with Crippen LogP contribution >= 0.6 is 11.6 Å². The predicted octanol–water partition coefficient (Wildman–Crippen LogP) is 2.96. The molecule has 1 aliphatic rings. The lowest BCUT2D eigenvalue weighted by Gasteiger charge is -2.35. The van der Waals surface area contributed by atoms with Crippen molar-refractivity contribution in [3.8, 4) is 0 Å². The average molecular weight is 286 g/mol. The van der Waals surface area contributed by atoms with Gasteiger partial charge in [-0.15, -0.1) is 0 Å². The van der Waals surface area contributed by atoms with Gasteiger partial charge in [-0.2, -0.15) is 0 Å². The summed E-state index contributed by atoms with van der Waals surface area (Å²) in [5.74, 6) is -1.38. The number of aliphatic carboxylic acids is 1. The summed E-state index contributed by atoms with van der Waals surface area (Å²) in [6, 6.07) is 4.43. The molecule has 104 valence electrons. The fourth-order valence-corrected chi connectivity index (χ4v) is 2.81. The summed E-state index contributed by atoms with van der Waals surface area (Å²) in [6.45, 7) is 3.10. The molecule has 0 spiro atoms. The molecule has 2 rings (SSSR count). The lowest BCUT2D eigenvalue weighted by molar-refractivity contribution is -0.149. The Labute approximate surface area is 117 Å². The van der Waals surface area contributed by atoms with E-state index in [1.165, 1.54) is 12.1 Å². The maximum atomic E-state index is 13.8. The predicted molar refractivity (Wildman–Crippen MR) is 72.0 cm³/mol. The Morgan fingerprint density at radius 3 is 2.63 bits per heavy atom. The Hall–Kier alpha value is -1.13. The zero-order chi connectivity index (χ0) is 14.0. The number of likely N-dealkylation sites (tertiary alicyclic amines) is 1. The molecular formula is C14H17ClFNO2. The Morgan fingerprint density at radius 2 is 2.11 bits per heavy atom. The molecule has 1 atom stereocenters. The van der Waals surface area contributed by atoms with E-state index in [0.717, 1.165) is 25.9 Å². The number of benzene rings is 1. The van der Waals surface area contributed by atoms with Crippen LogP contribution in [0.4, 0.5) is 4.39 Å². The van der Waals surface area contributed by atoms with Crippen LogP contribution in [0.15, 0.2) is 18.2 Å². The largest absolute Gasteiger partial charge is 0.480 e. The van der Waals surface area contributed by atoms with Gasteiger partial charge in [-0.05, 0) is 45.0 Å². The summed E-state index contributed by atoms with van der Waals surface area (Å²) in [5, 5.41) is 9.81. The molecule has 1 fully saturated rings. The molecule has 1 aromatic carbocycles. The molecule has 1 aliphatic heterocycles. The summed E-state index contributed by atoms with van der Waals surface area (Å²) in [4.78, 5) is 13.5. The fourth-order valence-electron chi connectivity index (χ4n) is 2.58. The topological polar surface area (TPSA) is 40.5 Å². The first-order chi connectivity index (χ1) is 8.95. The molecule has 1 unspecified atom stereocenters. The zero-order valence-corrected chi connectivity index (χ0v) is 11.6. The van der Waals surface area contributed by atoms with Crippen molar-refractivity contribution in [1.29, 1.82) is 0 Å². The fraction of sp³-hybridized carbons (Fsp3) is 0.500. The molecule has 0 amide bonds. The lowest BCUT2D eigenvalue weighted by Crippen LogP contribution is -2.52. The number of halogens is 2. The molecule has 5 heteroatoms. The number of nitrogens with zero attached hydrogens (tertiary/aromatic N) is 1. The van der Waals surface area contributed by atoms with Crippen molar-refractivity contribution in [2.75, 3.05) is 13.1 Å². The van der Waals surface area contributed by atoms with Crippen LogP contribution in [-0.2, 0) is 11.2 Å². The summed E-state index contributed by atoms with van der Waals surface area (Å²) < 4.78 is 13.8. The number of rotatable bonds is 4. The Bertz CT molecular complexity index is 468. The van der Waals surface area contributed by atoms with Gasteiger partial charge in [0.15, 0.2) is 0 Å². The van der Waals surface area contributed by atoms with Gasteiger partial charge in [-0.1, -0.05) is 17.7 Å². The third-order valence-electron chi connectivity index (χ3n) is 3.85. The van der Waals surface area contributed by atoms with Crippen molar-refractivity contribution in [2.45, 2.75) is 31.7 Å². The van der Waals surface area contributed by atoms with Crippen molar-refractivity contribution in [3.63, 3.8) is 0 Å². The van der Waals surface area contributed by atoms with E-state index in [1.807, 2.05) is 4.90 Å². The zero-order valence-electron chi connectivity index (χ0n) is 10.8. The summed E-state index contributed by atoms with van der Waals surface area (Å²) in [5.41, 5.74) is -0.830. The smallest absolute Gasteiger partial charge is 0.324 e. The van der Waals surface area contributed by atoms with Gasteiger partial charge in [-0.25, -0.2) is 4.39 Å². The van der Waals surface area contributed by atoms with Crippen molar-refractivity contribution in [2.24, 2.45) is 0 Å². The number of hydrogen-bond donors (Lipinski definition) is 1. The second kappa shape index (κ2) is 5.47. The highest BCUT2D eigenvalue weighted by Crippen LogP contribution is 2.30. The first kappa shape index (κ1) is 14.3. The van der Waals surface area contributed by atoms with E-state index in [9.17, 15) is 14.3 Å². The SMILES string of the molecule is CC(Cc1c(F)cccc1Cl)(C(=O)O)N1CCCC1. The second-order valence-corrected chi connectivity index (χ2v) is 5.56. The summed E-state index contributed by atoms with van der Waals surface area (Å²) in [6.07, 6.45) is 2.04. The van der Waals surface area contributed by atoms with Gasteiger partial charge in [0.1, 0.15) is 11.4 Å². The van der Waals surface area contributed by atoms with Crippen LogP contribution in [0.1, 0.15) is 25.3 Å². The van der Waals surface area contributed by atoms with Gasteiger partial charge in [0.05, 0.1) is 0 Å². The van der Waals surface area contributed by atoms with E-state index in [0.29, 0.717) is 0 Å². The monoisotopic (exact) mass is 285 g/mol. The second-order valence-electron chi connectivity index (χ2n) is 5.15. The third kappa shape index (κ3) is 2.74. The van der Waals surface area contributed by atoms with E-state index in [2.05, 4.69) is 0 Å². The van der Waals surface area contributed by atoms with Crippen LogP contribution in [0.25, 0.3) is 0 Å². The average Bonchev–Trinajstić information content (AvgIpc) is 2.87. The molecule has 0 aromatic heterocycles. The molecule has 1 N–H and O–H groups in total. The first-order valence-corrected chi connectivity index (χ1v) is 6.74. The Morgan fingerprint density at radius 1 is 1.47 bits per heavy atom. The molecule has 0 bridgehead atoms. The van der Waals surface area contributed by atoms with Crippen molar-refractivity contribution in [3.05, 3.63) is 34.6 Å². The minimum absolute atomic E-state index is 0.0772. The van der Waals surface area contributed by atoms with Crippen LogP contribution in [0.2, 0.25) is 5.02 Å². The molecular weight excluding hydrogens is 269 g/mol. The quantitative estimate of drug-likeness (QED) is 0.925. The standard InChI is InChI=1S/C14H17ClFNO2/c1-14(13(18)19,17-7-2-3-8-17)9-10-11(15)5-4-6-12(10)16/h4-6H,2-3,7-9H2,1H3,(H,18,19). The van der Waals surface area contributed by atoms with Gasteiger partial charge in [0, 0.05) is 17.0 Å². The van der Waals surface area contributed by atoms with Gasteiger partial charge >= 0.3 is 5.97 Å². The molecule has 1 saturated heterocycles. The van der Waals surface area contributed by atoms with Crippen molar-refractivity contribution >= 4 is 17.6 Å². The van der Waals surface area contributed by atoms with Crippen LogP contribution < -0.4 is 0 Å². The van der Waals surface area contributed by atoms with E-state index >= 15 is 0 Å².